The zero-order valence-corrected chi connectivity index (χ0v) is 8.71. The minimum absolute atomic E-state index is 0.317. The molecule has 1 heterocycles. The summed E-state index contributed by atoms with van der Waals surface area (Å²) in [6.07, 6.45) is 7.79. The Hall–Kier alpha value is -0.860. The van der Waals surface area contributed by atoms with Crippen LogP contribution in [0.5, 0.6) is 0 Å². The first-order valence-corrected chi connectivity index (χ1v) is 5.56. The summed E-state index contributed by atoms with van der Waals surface area (Å²) in [7, 11) is 0. The average molecular weight is 197 g/mol. The summed E-state index contributed by atoms with van der Waals surface area (Å²) in [5.74, 6) is 0.317. The van der Waals surface area contributed by atoms with Crippen LogP contribution in [0.15, 0.2) is 0 Å². The van der Waals surface area contributed by atoms with Gasteiger partial charge in [-0.3, -0.25) is 4.79 Å². The Bertz CT molecular complexity index is 188. The van der Waals surface area contributed by atoms with E-state index >= 15 is 0 Å². The van der Waals surface area contributed by atoms with Gasteiger partial charge in [-0.15, -0.1) is 0 Å². The second-order valence-electron chi connectivity index (χ2n) is 3.85. The van der Waals surface area contributed by atoms with Crippen molar-refractivity contribution in [3.8, 4) is 0 Å². The van der Waals surface area contributed by atoms with E-state index in [0.717, 1.165) is 51.5 Å². The molecule has 0 spiro atoms. The minimum Gasteiger partial charge on any atom is -0.339 e. The molecule has 1 fully saturated rings. The summed E-state index contributed by atoms with van der Waals surface area (Å²) in [6, 6.07) is 0. The van der Waals surface area contributed by atoms with Gasteiger partial charge in [0.25, 0.3) is 0 Å². The van der Waals surface area contributed by atoms with Gasteiger partial charge in [-0.25, -0.2) is 0 Å². The molecule has 0 atom stereocenters. The van der Waals surface area contributed by atoms with Crippen LogP contribution in [0, 0.1) is 0 Å². The molecule has 0 radical (unpaired) electrons. The van der Waals surface area contributed by atoms with E-state index in [9.17, 15) is 9.59 Å². The SMILES string of the molecule is O=CCCCCCCCC(=O)N1CC1. The number of amides is 1. The van der Waals surface area contributed by atoms with Gasteiger partial charge in [-0.2, -0.15) is 0 Å². The monoisotopic (exact) mass is 197 g/mol. The van der Waals surface area contributed by atoms with E-state index in [4.69, 9.17) is 0 Å². The van der Waals surface area contributed by atoms with Crippen molar-refractivity contribution in [1.29, 1.82) is 0 Å². The number of hydrogen-bond donors (Lipinski definition) is 0. The lowest BCUT2D eigenvalue weighted by Gasteiger charge is -2.01. The van der Waals surface area contributed by atoms with Crippen molar-refractivity contribution in [3.63, 3.8) is 0 Å². The maximum atomic E-state index is 11.2. The molecule has 0 aromatic carbocycles. The van der Waals surface area contributed by atoms with Gasteiger partial charge in [-0.05, 0) is 12.8 Å². The number of carbonyl (C=O) groups excluding carboxylic acids is 2. The quantitative estimate of drug-likeness (QED) is 0.338. The van der Waals surface area contributed by atoms with Crippen LogP contribution in [0.2, 0.25) is 0 Å². The number of hydrogen-bond acceptors (Lipinski definition) is 2. The molecule has 0 aromatic rings. The normalized spacial score (nSPS) is 14.1. The predicted molar refractivity (Wildman–Crippen MR) is 55.0 cm³/mol. The van der Waals surface area contributed by atoms with Crippen LogP contribution in [-0.4, -0.2) is 30.2 Å². The molecular formula is C11H19NO2. The molecule has 14 heavy (non-hydrogen) atoms. The van der Waals surface area contributed by atoms with Crippen molar-refractivity contribution in [3.05, 3.63) is 0 Å². The molecule has 0 unspecified atom stereocenters. The van der Waals surface area contributed by atoms with Gasteiger partial charge in [0.05, 0.1) is 0 Å². The topological polar surface area (TPSA) is 37.1 Å². The van der Waals surface area contributed by atoms with E-state index in [1.54, 1.807) is 0 Å². The fraction of sp³-hybridized carbons (Fsp3) is 0.818. The zero-order chi connectivity index (χ0) is 10.2. The molecule has 3 heteroatoms. The van der Waals surface area contributed by atoms with E-state index < -0.39 is 0 Å². The molecule has 1 amide bonds. The Kier molecular flexibility index (Phi) is 5.27. The lowest BCUT2D eigenvalue weighted by atomic mass is 10.1. The molecule has 1 rings (SSSR count). The number of carbonyl (C=O) groups is 2. The summed E-state index contributed by atoms with van der Waals surface area (Å²) in [4.78, 5) is 23.1. The van der Waals surface area contributed by atoms with Crippen LogP contribution in [0.3, 0.4) is 0 Å². The van der Waals surface area contributed by atoms with Gasteiger partial charge < -0.3 is 9.69 Å². The van der Waals surface area contributed by atoms with E-state index in [1.807, 2.05) is 4.90 Å². The Morgan fingerprint density at radius 1 is 1.07 bits per heavy atom. The molecule has 3 nitrogen and oxygen atoms in total. The Morgan fingerprint density at radius 2 is 1.71 bits per heavy atom. The highest BCUT2D eigenvalue weighted by Gasteiger charge is 2.22. The van der Waals surface area contributed by atoms with E-state index in [0.29, 0.717) is 18.7 Å². The second kappa shape index (κ2) is 6.57. The van der Waals surface area contributed by atoms with Gasteiger partial charge in [0.15, 0.2) is 0 Å². The summed E-state index contributed by atoms with van der Waals surface area (Å²) in [6.45, 7) is 1.94. The van der Waals surface area contributed by atoms with Crippen molar-refractivity contribution in [2.45, 2.75) is 44.9 Å². The highest BCUT2D eigenvalue weighted by Crippen LogP contribution is 2.11. The van der Waals surface area contributed by atoms with Crippen LogP contribution >= 0.6 is 0 Å². The maximum absolute atomic E-state index is 11.2. The predicted octanol–water partition coefficient (Wildman–Crippen LogP) is 1.76. The zero-order valence-electron chi connectivity index (χ0n) is 8.71. The Balaban J connectivity index is 1.79. The number of unbranched alkanes of at least 4 members (excludes halogenated alkanes) is 5. The van der Waals surface area contributed by atoms with Crippen LogP contribution < -0.4 is 0 Å². The third kappa shape index (κ3) is 5.00. The van der Waals surface area contributed by atoms with Crippen molar-refractivity contribution in [1.82, 2.24) is 4.90 Å². The molecule has 0 aliphatic carbocycles. The Labute approximate surface area is 85.5 Å². The van der Waals surface area contributed by atoms with Gasteiger partial charge in [0.1, 0.15) is 6.29 Å². The lowest BCUT2D eigenvalue weighted by Crippen LogP contribution is -2.09. The highest BCUT2D eigenvalue weighted by atomic mass is 16.2. The number of nitrogens with zero attached hydrogens (tertiary/aromatic N) is 1. The number of aldehydes is 1. The molecule has 0 N–H and O–H groups in total. The number of rotatable bonds is 8. The third-order valence-electron chi connectivity index (χ3n) is 2.51. The largest absolute Gasteiger partial charge is 0.339 e. The first-order valence-electron chi connectivity index (χ1n) is 5.56. The lowest BCUT2D eigenvalue weighted by molar-refractivity contribution is -0.125. The minimum atomic E-state index is 0.317. The van der Waals surface area contributed by atoms with Crippen molar-refractivity contribution in [2.24, 2.45) is 0 Å². The molecule has 1 saturated heterocycles. The summed E-state index contributed by atoms with van der Waals surface area (Å²) < 4.78 is 0. The van der Waals surface area contributed by atoms with Crippen molar-refractivity contribution in [2.75, 3.05) is 13.1 Å². The van der Waals surface area contributed by atoms with Crippen molar-refractivity contribution >= 4 is 12.2 Å². The molecule has 1 aliphatic heterocycles. The van der Waals surface area contributed by atoms with E-state index in [2.05, 4.69) is 0 Å². The Morgan fingerprint density at radius 3 is 2.36 bits per heavy atom. The smallest absolute Gasteiger partial charge is 0.222 e. The fourth-order valence-corrected chi connectivity index (χ4v) is 1.49. The summed E-state index contributed by atoms with van der Waals surface area (Å²) >= 11 is 0. The first kappa shape index (κ1) is 11.2. The van der Waals surface area contributed by atoms with Gasteiger partial charge in [-0.1, -0.05) is 19.3 Å². The molecular weight excluding hydrogens is 178 g/mol. The van der Waals surface area contributed by atoms with E-state index in [-0.39, 0.29) is 0 Å². The van der Waals surface area contributed by atoms with Crippen molar-refractivity contribution < 1.29 is 9.59 Å². The first-order chi connectivity index (χ1) is 6.84. The second-order valence-corrected chi connectivity index (χ2v) is 3.85. The van der Waals surface area contributed by atoms with Crippen LogP contribution in [0.4, 0.5) is 0 Å². The summed E-state index contributed by atoms with van der Waals surface area (Å²) in [5, 5.41) is 0. The van der Waals surface area contributed by atoms with Gasteiger partial charge >= 0.3 is 0 Å². The molecule has 1 aliphatic rings. The van der Waals surface area contributed by atoms with Crippen LogP contribution in [0.25, 0.3) is 0 Å². The molecule has 0 saturated carbocycles. The van der Waals surface area contributed by atoms with Gasteiger partial charge in [0, 0.05) is 25.9 Å². The fourth-order valence-electron chi connectivity index (χ4n) is 1.49. The highest BCUT2D eigenvalue weighted by molar-refractivity contribution is 5.78. The maximum Gasteiger partial charge on any atom is 0.222 e. The van der Waals surface area contributed by atoms with E-state index in [1.165, 1.54) is 0 Å². The van der Waals surface area contributed by atoms with Crippen LogP contribution in [0.1, 0.15) is 44.9 Å². The van der Waals surface area contributed by atoms with Gasteiger partial charge in [0.2, 0.25) is 5.91 Å². The summed E-state index contributed by atoms with van der Waals surface area (Å²) in [5.41, 5.74) is 0. The molecule has 0 aromatic heterocycles. The molecule has 0 bridgehead atoms. The average Bonchev–Trinajstić information content (AvgIpc) is 2.99. The third-order valence-corrected chi connectivity index (χ3v) is 2.51. The van der Waals surface area contributed by atoms with Crippen LogP contribution in [-0.2, 0) is 9.59 Å². The standard InChI is InChI=1S/C11H19NO2/c13-10-6-4-2-1-3-5-7-11(14)12-8-9-12/h10H,1-9H2. The molecule has 80 valence electrons.